The third kappa shape index (κ3) is 4.53. The average Bonchev–Trinajstić information content (AvgIpc) is 2.64. The molecule has 0 radical (unpaired) electrons. The van der Waals surface area contributed by atoms with E-state index in [0.717, 1.165) is 18.9 Å². The number of hydrogen-bond acceptors (Lipinski definition) is 6. The van der Waals surface area contributed by atoms with Crippen molar-refractivity contribution in [3.8, 4) is 0 Å². The van der Waals surface area contributed by atoms with Gasteiger partial charge in [0.1, 0.15) is 17.6 Å². The minimum absolute atomic E-state index is 0.173. The lowest BCUT2D eigenvalue weighted by atomic mass is 9.91. The summed E-state index contributed by atoms with van der Waals surface area (Å²) in [6.45, 7) is 3.86. The molecule has 2 aliphatic rings. The van der Waals surface area contributed by atoms with Crippen LogP contribution in [0.2, 0.25) is 0 Å². The zero-order valence-electron chi connectivity index (χ0n) is 15.2. The zero-order valence-corrected chi connectivity index (χ0v) is 15.2. The number of hydrogen-bond donors (Lipinski definition) is 3. The van der Waals surface area contributed by atoms with Gasteiger partial charge in [-0.05, 0) is 37.8 Å². The second-order valence-corrected chi connectivity index (χ2v) is 7.58. The lowest BCUT2D eigenvalue weighted by molar-refractivity contribution is -0.141. The lowest BCUT2D eigenvalue weighted by Crippen LogP contribution is -2.61. The molecular formula is C18H26F3N3O3. The van der Waals surface area contributed by atoms with Gasteiger partial charge in [0.25, 0.3) is 0 Å². The second-order valence-electron chi connectivity index (χ2n) is 7.58. The summed E-state index contributed by atoms with van der Waals surface area (Å²) < 4.78 is 38.7. The van der Waals surface area contributed by atoms with E-state index in [0.29, 0.717) is 25.5 Å². The van der Waals surface area contributed by atoms with Crippen LogP contribution in [0.4, 0.5) is 19.0 Å². The molecule has 0 bridgehead atoms. The highest BCUT2D eigenvalue weighted by molar-refractivity contribution is 5.40. The number of likely N-dealkylation sites (tertiary alicyclic amines) is 1. The number of halogens is 3. The highest BCUT2D eigenvalue weighted by Gasteiger charge is 2.40. The van der Waals surface area contributed by atoms with Gasteiger partial charge in [-0.2, -0.15) is 13.2 Å². The highest BCUT2D eigenvalue weighted by Crippen LogP contribution is 2.30. The van der Waals surface area contributed by atoms with Gasteiger partial charge in [0.05, 0.1) is 12.2 Å². The number of aromatic nitrogens is 1. The van der Waals surface area contributed by atoms with Crippen molar-refractivity contribution in [2.75, 3.05) is 31.1 Å². The first-order valence-electron chi connectivity index (χ1n) is 9.24. The van der Waals surface area contributed by atoms with E-state index in [1.54, 1.807) is 13.0 Å². The predicted octanol–water partition coefficient (Wildman–Crippen LogP) is 1.10. The molecule has 0 aromatic carbocycles. The molecule has 2 saturated heterocycles. The Labute approximate surface area is 156 Å². The Morgan fingerprint density at radius 1 is 1.15 bits per heavy atom. The summed E-state index contributed by atoms with van der Waals surface area (Å²) in [4.78, 5) is 7.57. The Hall–Kier alpha value is -1.42. The Balaban J connectivity index is 1.66. The monoisotopic (exact) mass is 389 g/mol. The molecule has 3 N–H and O–H groups in total. The fourth-order valence-electron chi connectivity index (χ4n) is 4.00. The summed E-state index contributed by atoms with van der Waals surface area (Å²) in [6, 6.07) is 3.63. The molecule has 152 valence electrons. The Morgan fingerprint density at radius 3 is 2.59 bits per heavy atom. The smallest absolute Gasteiger partial charge is 0.389 e. The standard InChI is InChI=1S/C18H26F3N3O3/c1-11-16(26)17(27)13(25)10-24(11)9-12-4-3-7-23(8-12)15-6-2-5-14(22-15)18(19,20)21/h2,5-6,11-13,16-17,25-27H,3-4,7-10H2,1H3/t11-,12?,13+,16-,17-/m1/s1. The third-order valence-electron chi connectivity index (χ3n) is 5.60. The summed E-state index contributed by atoms with van der Waals surface area (Å²) in [7, 11) is 0. The van der Waals surface area contributed by atoms with Gasteiger partial charge in [-0.15, -0.1) is 0 Å². The van der Waals surface area contributed by atoms with Gasteiger partial charge in [0.2, 0.25) is 0 Å². The molecule has 27 heavy (non-hydrogen) atoms. The van der Waals surface area contributed by atoms with Crippen molar-refractivity contribution >= 4 is 5.82 Å². The molecule has 0 aliphatic carbocycles. The normalized spacial score (nSPS) is 33.3. The Kier molecular flexibility index (Phi) is 5.95. The van der Waals surface area contributed by atoms with E-state index in [1.807, 2.05) is 9.80 Å². The number of β-amino-alcohol motifs (C(OH)–C–C–N with tert-alkyl or cyclic N) is 1. The van der Waals surface area contributed by atoms with E-state index < -0.39 is 30.2 Å². The van der Waals surface area contributed by atoms with Crippen LogP contribution in [0.1, 0.15) is 25.5 Å². The minimum Gasteiger partial charge on any atom is -0.389 e. The molecule has 1 aromatic heterocycles. The SMILES string of the molecule is C[C@@H]1[C@@H](O)[C@H](O)[C@@H](O)CN1CC1CCCN(c2cccc(C(F)(F)F)n2)C1. The van der Waals surface area contributed by atoms with E-state index >= 15 is 0 Å². The topological polar surface area (TPSA) is 80.1 Å². The summed E-state index contributed by atoms with van der Waals surface area (Å²) in [6.07, 6.45) is -5.93. The molecule has 1 aromatic rings. The first-order chi connectivity index (χ1) is 12.7. The maximum absolute atomic E-state index is 12.9. The van der Waals surface area contributed by atoms with E-state index in [-0.39, 0.29) is 18.5 Å². The van der Waals surface area contributed by atoms with Crippen LogP contribution in [0.3, 0.4) is 0 Å². The number of nitrogens with zero attached hydrogens (tertiary/aromatic N) is 3. The summed E-state index contributed by atoms with van der Waals surface area (Å²) in [5.74, 6) is 0.490. The minimum atomic E-state index is -4.47. The maximum Gasteiger partial charge on any atom is 0.433 e. The van der Waals surface area contributed by atoms with Crippen LogP contribution in [0.5, 0.6) is 0 Å². The van der Waals surface area contributed by atoms with Crippen LogP contribution < -0.4 is 4.90 Å². The van der Waals surface area contributed by atoms with E-state index in [2.05, 4.69) is 4.98 Å². The molecule has 9 heteroatoms. The van der Waals surface area contributed by atoms with E-state index in [4.69, 9.17) is 0 Å². The van der Waals surface area contributed by atoms with Gasteiger partial charge in [-0.25, -0.2) is 4.98 Å². The van der Waals surface area contributed by atoms with Crippen molar-refractivity contribution in [1.29, 1.82) is 0 Å². The highest BCUT2D eigenvalue weighted by atomic mass is 19.4. The quantitative estimate of drug-likeness (QED) is 0.719. The second kappa shape index (κ2) is 7.90. The van der Waals surface area contributed by atoms with Crippen molar-refractivity contribution in [3.05, 3.63) is 23.9 Å². The fraction of sp³-hybridized carbons (Fsp3) is 0.722. The number of piperidine rings is 2. The van der Waals surface area contributed by atoms with Crippen LogP contribution in [0.25, 0.3) is 0 Å². The van der Waals surface area contributed by atoms with E-state index in [1.165, 1.54) is 6.07 Å². The largest absolute Gasteiger partial charge is 0.433 e. The van der Waals surface area contributed by atoms with Crippen LogP contribution in [-0.4, -0.2) is 75.7 Å². The number of pyridine rings is 1. The zero-order chi connectivity index (χ0) is 19.8. The van der Waals surface area contributed by atoms with Crippen LogP contribution >= 0.6 is 0 Å². The first kappa shape index (κ1) is 20.3. The Morgan fingerprint density at radius 2 is 1.89 bits per heavy atom. The number of aliphatic hydroxyl groups is 3. The summed E-state index contributed by atoms with van der Waals surface area (Å²) in [5, 5.41) is 29.8. The molecule has 5 atom stereocenters. The van der Waals surface area contributed by atoms with Gasteiger partial charge in [0, 0.05) is 32.2 Å². The third-order valence-corrected chi connectivity index (χ3v) is 5.60. The number of anilines is 1. The lowest BCUT2D eigenvalue weighted by Gasteiger charge is -2.45. The molecule has 1 unspecified atom stereocenters. The van der Waals surface area contributed by atoms with Gasteiger partial charge in [0.15, 0.2) is 0 Å². The maximum atomic E-state index is 12.9. The van der Waals surface area contributed by atoms with Gasteiger partial charge >= 0.3 is 6.18 Å². The van der Waals surface area contributed by atoms with Crippen molar-refractivity contribution < 1.29 is 28.5 Å². The van der Waals surface area contributed by atoms with Gasteiger partial charge < -0.3 is 20.2 Å². The molecule has 2 fully saturated rings. The molecular weight excluding hydrogens is 363 g/mol. The molecule has 0 saturated carbocycles. The predicted molar refractivity (Wildman–Crippen MR) is 93.2 cm³/mol. The molecule has 0 spiro atoms. The van der Waals surface area contributed by atoms with Crippen molar-refractivity contribution in [3.63, 3.8) is 0 Å². The molecule has 3 rings (SSSR count). The first-order valence-corrected chi connectivity index (χ1v) is 9.24. The molecule has 3 heterocycles. The molecule has 2 aliphatic heterocycles. The van der Waals surface area contributed by atoms with Crippen LogP contribution in [0.15, 0.2) is 18.2 Å². The number of rotatable bonds is 3. The van der Waals surface area contributed by atoms with Crippen molar-refractivity contribution in [1.82, 2.24) is 9.88 Å². The van der Waals surface area contributed by atoms with Crippen LogP contribution in [0, 0.1) is 5.92 Å². The fourth-order valence-corrected chi connectivity index (χ4v) is 4.00. The number of alkyl halides is 3. The molecule has 6 nitrogen and oxygen atoms in total. The van der Waals surface area contributed by atoms with Crippen molar-refractivity contribution in [2.45, 2.75) is 50.3 Å². The van der Waals surface area contributed by atoms with Crippen LogP contribution in [-0.2, 0) is 6.18 Å². The van der Waals surface area contributed by atoms with Gasteiger partial charge in [-0.1, -0.05) is 6.07 Å². The summed E-state index contributed by atoms with van der Waals surface area (Å²) in [5.41, 5.74) is -0.896. The average molecular weight is 389 g/mol. The molecule has 0 amide bonds. The van der Waals surface area contributed by atoms with Gasteiger partial charge in [-0.3, -0.25) is 4.90 Å². The van der Waals surface area contributed by atoms with Crippen molar-refractivity contribution in [2.24, 2.45) is 5.92 Å². The summed E-state index contributed by atoms with van der Waals surface area (Å²) >= 11 is 0. The van der Waals surface area contributed by atoms with E-state index in [9.17, 15) is 28.5 Å². The Bertz CT molecular complexity index is 646. The number of aliphatic hydroxyl groups excluding tert-OH is 3.